The fourth-order valence-electron chi connectivity index (χ4n) is 2.65. The van der Waals surface area contributed by atoms with E-state index in [-0.39, 0.29) is 5.91 Å². The van der Waals surface area contributed by atoms with Gasteiger partial charge in [-0.15, -0.1) is 0 Å². The van der Waals surface area contributed by atoms with Crippen LogP contribution in [0.15, 0.2) is 6.07 Å². The first kappa shape index (κ1) is 12.7. The maximum atomic E-state index is 12.4. The Bertz CT molecular complexity index is 456. The van der Waals surface area contributed by atoms with Crippen molar-refractivity contribution in [2.45, 2.75) is 38.6 Å². The molecule has 0 unspecified atom stereocenters. The third-order valence-corrected chi connectivity index (χ3v) is 4.17. The van der Waals surface area contributed by atoms with E-state index in [1.54, 1.807) is 0 Å². The minimum atomic E-state index is 0.0755. The van der Waals surface area contributed by atoms with Crippen LogP contribution in [0.2, 0.25) is 0 Å². The lowest BCUT2D eigenvalue weighted by molar-refractivity contribution is 0.0590. The van der Waals surface area contributed by atoms with Gasteiger partial charge in [0.25, 0.3) is 5.91 Å². The summed E-state index contributed by atoms with van der Waals surface area (Å²) in [7, 11) is 0. The number of amides is 1. The molecule has 5 heteroatoms. The smallest absolute Gasteiger partial charge is 0.274 e. The van der Waals surface area contributed by atoms with Crippen LogP contribution in [0.4, 0.5) is 0 Å². The van der Waals surface area contributed by atoms with E-state index in [9.17, 15) is 4.79 Å². The Morgan fingerprint density at radius 3 is 2.58 bits per heavy atom. The fourth-order valence-corrected chi connectivity index (χ4v) is 2.65. The summed E-state index contributed by atoms with van der Waals surface area (Å²) in [5.41, 5.74) is 1.71. The molecule has 1 saturated carbocycles. The summed E-state index contributed by atoms with van der Waals surface area (Å²) >= 11 is 0. The molecule has 19 heavy (non-hydrogen) atoms. The van der Waals surface area contributed by atoms with Gasteiger partial charge in [0.05, 0.1) is 0 Å². The zero-order valence-electron chi connectivity index (χ0n) is 11.7. The Morgan fingerprint density at radius 2 is 2.00 bits per heavy atom. The van der Waals surface area contributed by atoms with Crippen molar-refractivity contribution < 1.29 is 4.79 Å². The molecule has 1 aromatic heterocycles. The summed E-state index contributed by atoms with van der Waals surface area (Å²) in [6.45, 7) is 7.94. The average molecular weight is 262 g/mol. The number of H-pyrrole nitrogens is 1. The molecule has 1 aliphatic carbocycles. The van der Waals surface area contributed by atoms with E-state index >= 15 is 0 Å². The summed E-state index contributed by atoms with van der Waals surface area (Å²) in [5.74, 6) is 0.693. The number of nitrogens with one attached hydrogen (secondary N) is 1. The summed E-state index contributed by atoms with van der Waals surface area (Å²) < 4.78 is 0. The van der Waals surface area contributed by atoms with Crippen LogP contribution in [-0.2, 0) is 0 Å². The second-order valence-electron chi connectivity index (χ2n) is 5.90. The molecule has 0 aromatic carbocycles. The van der Waals surface area contributed by atoms with Crippen LogP contribution < -0.4 is 0 Å². The monoisotopic (exact) mass is 262 g/mol. The average Bonchev–Trinajstić information content (AvgIpc) is 3.16. The summed E-state index contributed by atoms with van der Waals surface area (Å²) in [4.78, 5) is 16.7. The van der Waals surface area contributed by atoms with Crippen LogP contribution in [0, 0.1) is 0 Å². The van der Waals surface area contributed by atoms with E-state index in [2.05, 4.69) is 28.9 Å². The van der Waals surface area contributed by atoms with E-state index in [1.807, 2.05) is 11.0 Å². The van der Waals surface area contributed by atoms with Crippen molar-refractivity contribution in [2.24, 2.45) is 0 Å². The van der Waals surface area contributed by atoms with Gasteiger partial charge in [-0.05, 0) is 32.8 Å². The summed E-state index contributed by atoms with van der Waals surface area (Å²) in [6, 6.07) is 2.50. The maximum Gasteiger partial charge on any atom is 0.274 e. The first-order valence-corrected chi connectivity index (χ1v) is 7.24. The molecule has 1 N–H and O–H groups in total. The molecule has 0 bridgehead atoms. The van der Waals surface area contributed by atoms with Gasteiger partial charge in [-0.2, -0.15) is 5.10 Å². The van der Waals surface area contributed by atoms with Crippen molar-refractivity contribution in [3.8, 4) is 0 Å². The number of rotatable bonds is 3. The Balaban J connectivity index is 1.61. The number of carbonyl (C=O) groups is 1. The second-order valence-corrected chi connectivity index (χ2v) is 5.90. The van der Waals surface area contributed by atoms with Crippen molar-refractivity contribution in [3.05, 3.63) is 17.5 Å². The van der Waals surface area contributed by atoms with Crippen LogP contribution in [0.25, 0.3) is 0 Å². The third kappa shape index (κ3) is 2.66. The van der Waals surface area contributed by atoms with Gasteiger partial charge in [0.2, 0.25) is 0 Å². The van der Waals surface area contributed by atoms with Gasteiger partial charge < -0.3 is 4.90 Å². The number of carbonyl (C=O) groups excluding carboxylic acids is 1. The molecule has 0 spiro atoms. The molecule has 1 aromatic rings. The van der Waals surface area contributed by atoms with Crippen LogP contribution in [0.1, 0.15) is 48.8 Å². The normalized spacial score (nSPS) is 21.1. The van der Waals surface area contributed by atoms with Gasteiger partial charge in [-0.25, -0.2) is 0 Å². The zero-order valence-corrected chi connectivity index (χ0v) is 11.7. The van der Waals surface area contributed by atoms with Crippen molar-refractivity contribution >= 4 is 5.91 Å². The molecule has 0 atom stereocenters. The maximum absolute atomic E-state index is 12.4. The number of aromatic amines is 1. The largest absolute Gasteiger partial charge is 0.335 e. The molecule has 1 amide bonds. The molecule has 2 aliphatic rings. The lowest BCUT2D eigenvalue weighted by atomic mass is 10.2. The van der Waals surface area contributed by atoms with Crippen molar-refractivity contribution in [3.63, 3.8) is 0 Å². The van der Waals surface area contributed by atoms with Gasteiger partial charge in [0.1, 0.15) is 5.69 Å². The molecular weight excluding hydrogens is 240 g/mol. The van der Waals surface area contributed by atoms with Crippen LogP contribution in [0.3, 0.4) is 0 Å². The predicted octanol–water partition coefficient (Wildman–Crippen LogP) is 1.45. The highest BCUT2D eigenvalue weighted by molar-refractivity contribution is 5.92. The lowest BCUT2D eigenvalue weighted by Gasteiger charge is -2.36. The number of hydrogen-bond donors (Lipinski definition) is 1. The second kappa shape index (κ2) is 4.96. The molecular formula is C14H22N4O. The third-order valence-electron chi connectivity index (χ3n) is 4.17. The van der Waals surface area contributed by atoms with E-state index in [1.165, 1.54) is 12.8 Å². The first-order valence-electron chi connectivity index (χ1n) is 7.24. The van der Waals surface area contributed by atoms with Crippen LogP contribution in [0.5, 0.6) is 0 Å². The molecule has 0 radical (unpaired) electrons. The Labute approximate surface area is 114 Å². The highest BCUT2D eigenvalue weighted by Gasteiger charge is 2.28. The number of piperazine rings is 1. The quantitative estimate of drug-likeness (QED) is 0.897. The van der Waals surface area contributed by atoms with Gasteiger partial charge in [0, 0.05) is 43.8 Å². The Hall–Kier alpha value is -1.36. The van der Waals surface area contributed by atoms with Gasteiger partial charge >= 0.3 is 0 Å². The molecule has 104 valence electrons. The molecule has 2 fully saturated rings. The highest BCUT2D eigenvalue weighted by atomic mass is 16.2. The molecule has 5 nitrogen and oxygen atoms in total. The minimum absolute atomic E-state index is 0.0755. The molecule has 2 heterocycles. The Morgan fingerprint density at radius 1 is 1.32 bits per heavy atom. The molecule has 3 rings (SSSR count). The van der Waals surface area contributed by atoms with E-state index in [0.717, 1.165) is 31.9 Å². The zero-order chi connectivity index (χ0) is 13.4. The number of nitrogens with zero attached hydrogens (tertiary/aromatic N) is 3. The predicted molar refractivity (Wildman–Crippen MR) is 73.2 cm³/mol. The lowest BCUT2D eigenvalue weighted by Crippen LogP contribution is -2.50. The summed E-state index contributed by atoms with van der Waals surface area (Å²) in [6.07, 6.45) is 2.45. The van der Waals surface area contributed by atoms with E-state index in [0.29, 0.717) is 17.7 Å². The van der Waals surface area contributed by atoms with Crippen LogP contribution >= 0.6 is 0 Å². The topological polar surface area (TPSA) is 52.2 Å². The minimum Gasteiger partial charge on any atom is -0.335 e. The van der Waals surface area contributed by atoms with Crippen molar-refractivity contribution in [1.82, 2.24) is 20.0 Å². The number of aromatic nitrogens is 2. The van der Waals surface area contributed by atoms with Crippen LogP contribution in [-0.4, -0.2) is 58.1 Å². The van der Waals surface area contributed by atoms with Gasteiger partial charge in [-0.3, -0.25) is 14.8 Å². The number of hydrogen-bond acceptors (Lipinski definition) is 3. The standard InChI is InChI=1S/C14H22N4O/c1-10(2)17-5-7-18(8-6-17)14(19)13-9-12(15-16-13)11-3-4-11/h9-11H,3-8H2,1-2H3,(H,15,16). The van der Waals surface area contributed by atoms with Gasteiger partial charge in [-0.1, -0.05) is 0 Å². The van der Waals surface area contributed by atoms with E-state index < -0.39 is 0 Å². The fraction of sp³-hybridized carbons (Fsp3) is 0.714. The Kier molecular flexibility index (Phi) is 3.31. The molecule has 1 aliphatic heterocycles. The van der Waals surface area contributed by atoms with Crippen molar-refractivity contribution in [1.29, 1.82) is 0 Å². The molecule has 1 saturated heterocycles. The SMILES string of the molecule is CC(C)N1CCN(C(=O)c2cc(C3CC3)[nH]n2)CC1. The summed E-state index contributed by atoms with van der Waals surface area (Å²) in [5, 5.41) is 7.18. The van der Waals surface area contributed by atoms with Crippen molar-refractivity contribution in [2.75, 3.05) is 26.2 Å². The highest BCUT2D eigenvalue weighted by Crippen LogP contribution is 2.39. The van der Waals surface area contributed by atoms with E-state index in [4.69, 9.17) is 0 Å². The first-order chi connectivity index (χ1) is 9.15. The van der Waals surface area contributed by atoms with Gasteiger partial charge in [0.15, 0.2) is 0 Å².